The minimum atomic E-state index is -0.630. The van der Waals surface area contributed by atoms with Gasteiger partial charge < -0.3 is 10.2 Å². The Morgan fingerprint density at radius 2 is 2.00 bits per heavy atom. The maximum Gasteiger partial charge on any atom is 0.0654 e. The van der Waals surface area contributed by atoms with Crippen LogP contribution in [0, 0.1) is 23.7 Å². The molecule has 2 saturated carbocycles. The third-order valence-electron chi connectivity index (χ3n) is 5.13. The Morgan fingerprint density at radius 1 is 1.35 bits per heavy atom. The van der Waals surface area contributed by atoms with E-state index in [1.807, 2.05) is 6.92 Å². The van der Waals surface area contributed by atoms with Gasteiger partial charge in [0.2, 0.25) is 0 Å². The second-order valence-corrected chi connectivity index (χ2v) is 6.62. The van der Waals surface area contributed by atoms with E-state index < -0.39 is 5.60 Å². The molecule has 2 N–H and O–H groups in total. The number of fused-ring (bicyclic) bond motifs is 1. The van der Waals surface area contributed by atoms with Gasteiger partial charge in [-0.15, -0.1) is 0 Å². The molecule has 2 aliphatic carbocycles. The zero-order valence-electron chi connectivity index (χ0n) is 11.3. The number of aliphatic hydroxyl groups excluding tert-OH is 1. The van der Waals surface area contributed by atoms with Crippen LogP contribution in [0.25, 0.3) is 0 Å². The Hall–Kier alpha value is -0.340. The minimum Gasteiger partial charge on any atom is -0.392 e. The molecule has 2 fully saturated rings. The quantitative estimate of drug-likeness (QED) is 0.690. The predicted molar refractivity (Wildman–Crippen MR) is 69.5 cm³/mol. The summed E-state index contributed by atoms with van der Waals surface area (Å²) < 4.78 is 0. The molecule has 0 heterocycles. The van der Waals surface area contributed by atoms with E-state index in [-0.39, 0.29) is 17.9 Å². The van der Waals surface area contributed by atoms with Gasteiger partial charge in [0.25, 0.3) is 0 Å². The zero-order valence-corrected chi connectivity index (χ0v) is 11.3. The second-order valence-electron chi connectivity index (χ2n) is 6.62. The monoisotopic (exact) mass is 238 g/mol. The topological polar surface area (TPSA) is 40.5 Å². The number of aliphatic hydroxyl groups is 2. The van der Waals surface area contributed by atoms with Crippen LogP contribution in [0.5, 0.6) is 0 Å². The fourth-order valence-electron chi connectivity index (χ4n) is 3.96. The molecule has 5 unspecified atom stereocenters. The largest absolute Gasteiger partial charge is 0.392 e. The Balaban J connectivity index is 2.32. The van der Waals surface area contributed by atoms with Gasteiger partial charge >= 0.3 is 0 Å². The fourth-order valence-corrected chi connectivity index (χ4v) is 3.96. The Morgan fingerprint density at radius 3 is 2.59 bits per heavy atom. The average molecular weight is 238 g/mol. The summed E-state index contributed by atoms with van der Waals surface area (Å²) in [6.07, 6.45) is 3.36. The van der Waals surface area contributed by atoms with Gasteiger partial charge in [-0.25, -0.2) is 0 Å². The minimum absolute atomic E-state index is 0.111. The molecule has 5 atom stereocenters. The molecule has 17 heavy (non-hydrogen) atoms. The van der Waals surface area contributed by atoms with Crippen molar-refractivity contribution in [1.29, 1.82) is 0 Å². The number of hydrogen-bond donors (Lipinski definition) is 2. The van der Waals surface area contributed by atoms with Gasteiger partial charge in [-0.2, -0.15) is 0 Å². The van der Waals surface area contributed by atoms with Crippen molar-refractivity contribution < 1.29 is 10.2 Å². The molecular formula is C15H26O2. The highest BCUT2D eigenvalue weighted by Crippen LogP contribution is 2.50. The third-order valence-corrected chi connectivity index (χ3v) is 5.13. The molecule has 0 aromatic heterocycles. The highest BCUT2D eigenvalue weighted by atomic mass is 16.3. The molecule has 0 amide bonds. The lowest BCUT2D eigenvalue weighted by Gasteiger charge is -2.34. The van der Waals surface area contributed by atoms with E-state index in [2.05, 4.69) is 20.4 Å². The zero-order chi connectivity index (χ0) is 12.8. The summed E-state index contributed by atoms with van der Waals surface area (Å²) in [4.78, 5) is 0. The van der Waals surface area contributed by atoms with E-state index in [4.69, 9.17) is 0 Å². The lowest BCUT2D eigenvalue weighted by molar-refractivity contribution is -0.0320. The number of rotatable bonds is 1. The molecule has 2 rings (SSSR count). The molecule has 0 aromatic carbocycles. The Kier molecular flexibility index (Phi) is 3.39. The SMILES string of the molecule is C=C1CCC2C1C(O)C(C(C)C)CCC2(C)O. The van der Waals surface area contributed by atoms with Gasteiger partial charge in [-0.1, -0.05) is 26.0 Å². The van der Waals surface area contributed by atoms with Crippen molar-refractivity contribution in [3.63, 3.8) is 0 Å². The summed E-state index contributed by atoms with van der Waals surface area (Å²) in [6.45, 7) is 10.4. The van der Waals surface area contributed by atoms with Crippen molar-refractivity contribution in [1.82, 2.24) is 0 Å². The van der Waals surface area contributed by atoms with E-state index in [1.165, 1.54) is 0 Å². The maximum absolute atomic E-state index is 10.6. The number of hydrogen-bond acceptors (Lipinski definition) is 2. The molecule has 0 saturated heterocycles. The van der Waals surface area contributed by atoms with Gasteiger partial charge in [0.1, 0.15) is 0 Å². The summed E-state index contributed by atoms with van der Waals surface area (Å²) in [5, 5.41) is 21.2. The van der Waals surface area contributed by atoms with E-state index in [9.17, 15) is 10.2 Å². The van der Waals surface area contributed by atoms with Crippen molar-refractivity contribution in [2.75, 3.05) is 0 Å². The molecule has 0 bridgehead atoms. The highest BCUT2D eigenvalue weighted by Gasteiger charge is 2.49. The van der Waals surface area contributed by atoms with Gasteiger partial charge in [0, 0.05) is 5.92 Å². The molecule has 2 aliphatic rings. The molecule has 2 nitrogen and oxygen atoms in total. The fraction of sp³-hybridized carbons (Fsp3) is 0.867. The van der Waals surface area contributed by atoms with Crippen LogP contribution in [0.4, 0.5) is 0 Å². The summed E-state index contributed by atoms with van der Waals surface area (Å²) in [5.74, 6) is 1.08. The van der Waals surface area contributed by atoms with Crippen molar-refractivity contribution in [3.8, 4) is 0 Å². The maximum atomic E-state index is 10.6. The van der Waals surface area contributed by atoms with Crippen LogP contribution in [0.15, 0.2) is 12.2 Å². The Bertz CT molecular complexity index is 306. The normalized spacial score (nSPS) is 47.1. The third kappa shape index (κ3) is 2.17. The molecule has 0 radical (unpaired) electrons. The van der Waals surface area contributed by atoms with Crippen molar-refractivity contribution in [2.24, 2.45) is 23.7 Å². The van der Waals surface area contributed by atoms with Crippen LogP contribution < -0.4 is 0 Å². The molecule has 0 aliphatic heterocycles. The van der Waals surface area contributed by atoms with Crippen LogP contribution in [-0.4, -0.2) is 21.9 Å². The first-order chi connectivity index (χ1) is 7.84. The predicted octanol–water partition coefficient (Wildman–Crippen LogP) is 2.75. The van der Waals surface area contributed by atoms with Gasteiger partial charge in [-0.3, -0.25) is 0 Å². The van der Waals surface area contributed by atoms with Gasteiger partial charge in [0.15, 0.2) is 0 Å². The lowest BCUT2D eigenvalue weighted by Crippen LogP contribution is -2.39. The van der Waals surface area contributed by atoms with E-state index in [1.54, 1.807) is 0 Å². The van der Waals surface area contributed by atoms with E-state index >= 15 is 0 Å². The molecule has 0 aromatic rings. The summed E-state index contributed by atoms with van der Waals surface area (Å²) in [5.41, 5.74) is 0.518. The van der Waals surface area contributed by atoms with Crippen LogP contribution in [0.3, 0.4) is 0 Å². The second kappa shape index (κ2) is 4.40. The molecular weight excluding hydrogens is 212 g/mol. The summed E-state index contributed by atoms with van der Waals surface area (Å²) in [6, 6.07) is 0. The molecule has 0 spiro atoms. The molecule has 2 heteroatoms. The van der Waals surface area contributed by atoms with Crippen molar-refractivity contribution >= 4 is 0 Å². The first-order valence-electron chi connectivity index (χ1n) is 6.92. The first kappa shape index (κ1) is 13.1. The smallest absolute Gasteiger partial charge is 0.0654 e. The highest BCUT2D eigenvalue weighted by molar-refractivity contribution is 5.16. The van der Waals surface area contributed by atoms with Crippen molar-refractivity contribution in [2.45, 2.75) is 58.2 Å². The summed E-state index contributed by atoms with van der Waals surface area (Å²) in [7, 11) is 0. The van der Waals surface area contributed by atoms with Crippen LogP contribution >= 0.6 is 0 Å². The van der Waals surface area contributed by atoms with Crippen LogP contribution in [0.2, 0.25) is 0 Å². The van der Waals surface area contributed by atoms with E-state index in [0.29, 0.717) is 11.8 Å². The van der Waals surface area contributed by atoms with Gasteiger partial charge in [-0.05, 0) is 50.4 Å². The molecule has 98 valence electrons. The summed E-state index contributed by atoms with van der Waals surface area (Å²) >= 11 is 0. The lowest BCUT2D eigenvalue weighted by atomic mass is 9.77. The standard InChI is InChI=1S/C15H26O2/c1-9(2)11-7-8-15(4,17)12-6-5-10(3)13(12)14(11)16/h9,11-14,16-17H,3,5-8H2,1-2,4H3. The van der Waals surface area contributed by atoms with Crippen molar-refractivity contribution in [3.05, 3.63) is 12.2 Å². The van der Waals surface area contributed by atoms with Crippen LogP contribution in [-0.2, 0) is 0 Å². The Labute approximate surface area is 105 Å². The van der Waals surface area contributed by atoms with E-state index in [0.717, 1.165) is 31.3 Å². The van der Waals surface area contributed by atoms with Crippen LogP contribution in [0.1, 0.15) is 46.5 Å². The average Bonchev–Trinajstić information content (AvgIpc) is 2.55. The van der Waals surface area contributed by atoms with Gasteiger partial charge in [0.05, 0.1) is 11.7 Å². The first-order valence-corrected chi connectivity index (χ1v) is 6.92.